The van der Waals surface area contributed by atoms with Crippen molar-refractivity contribution in [1.82, 2.24) is 10.5 Å². The van der Waals surface area contributed by atoms with Gasteiger partial charge in [0.25, 0.3) is 0 Å². The largest absolute Gasteiger partial charge is 0.364 e. The summed E-state index contributed by atoms with van der Waals surface area (Å²) in [4.78, 5) is 0. The van der Waals surface area contributed by atoms with Gasteiger partial charge in [-0.05, 0) is 13.8 Å². The monoisotopic (exact) mass is 212 g/mol. The molecule has 0 amide bonds. The van der Waals surface area contributed by atoms with Crippen LogP contribution in [0.4, 0.5) is 0 Å². The average molecular weight is 212 g/mol. The van der Waals surface area contributed by atoms with Crippen molar-refractivity contribution < 1.29 is 14.0 Å². The van der Waals surface area contributed by atoms with Crippen LogP contribution in [0.2, 0.25) is 0 Å². The Morgan fingerprint density at radius 3 is 2.80 bits per heavy atom. The molecule has 84 valence electrons. The van der Waals surface area contributed by atoms with Crippen molar-refractivity contribution in [2.75, 3.05) is 13.2 Å². The first-order valence-corrected chi connectivity index (χ1v) is 5.06. The Labute approximate surface area is 88.7 Å². The van der Waals surface area contributed by atoms with E-state index < -0.39 is 5.79 Å². The van der Waals surface area contributed by atoms with Crippen molar-refractivity contribution in [2.24, 2.45) is 0 Å². The molecule has 2 heterocycles. The van der Waals surface area contributed by atoms with Gasteiger partial charge in [-0.3, -0.25) is 0 Å². The van der Waals surface area contributed by atoms with Crippen LogP contribution in [0.15, 0.2) is 16.9 Å². The highest BCUT2D eigenvalue weighted by Gasteiger charge is 2.27. The van der Waals surface area contributed by atoms with Gasteiger partial charge in [-0.15, -0.1) is 0 Å². The van der Waals surface area contributed by atoms with Crippen molar-refractivity contribution in [3.8, 4) is 0 Å². The van der Waals surface area contributed by atoms with E-state index in [0.717, 1.165) is 5.69 Å². The van der Waals surface area contributed by atoms with E-state index in [1.54, 1.807) is 6.26 Å². The lowest BCUT2D eigenvalue weighted by atomic mass is 10.2. The molecule has 0 spiro atoms. The minimum atomic E-state index is -0.452. The SMILES string of the molecule is CC1(C)OCC(NCc2ccon2)CO1. The van der Waals surface area contributed by atoms with Gasteiger partial charge < -0.3 is 19.3 Å². The molecule has 2 rings (SSSR count). The van der Waals surface area contributed by atoms with Gasteiger partial charge in [0, 0.05) is 12.6 Å². The molecule has 0 aliphatic carbocycles. The van der Waals surface area contributed by atoms with Crippen molar-refractivity contribution in [2.45, 2.75) is 32.2 Å². The van der Waals surface area contributed by atoms with Gasteiger partial charge in [0.1, 0.15) is 6.26 Å². The molecule has 0 radical (unpaired) electrons. The van der Waals surface area contributed by atoms with E-state index in [1.165, 1.54) is 0 Å². The number of ether oxygens (including phenoxy) is 2. The van der Waals surface area contributed by atoms with Gasteiger partial charge in [0.15, 0.2) is 5.79 Å². The maximum absolute atomic E-state index is 5.52. The molecule has 1 aromatic heterocycles. The number of aromatic nitrogens is 1. The molecule has 1 aromatic rings. The molecule has 0 aromatic carbocycles. The molecule has 1 N–H and O–H groups in total. The van der Waals surface area contributed by atoms with Crippen LogP contribution in [-0.4, -0.2) is 30.2 Å². The van der Waals surface area contributed by atoms with Gasteiger partial charge in [-0.25, -0.2) is 0 Å². The highest BCUT2D eigenvalue weighted by Crippen LogP contribution is 2.16. The molecule has 1 fully saturated rings. The summed E-state index contributed by atoms with van der Waals surface area (Å²) in [5, 5.41) is 7.10. The first-order chi connectivity index (χ1) is 7.16. The van der Waals surface area contributed by atoms with E-state index in [0.29, 0.717) is 19.8 Å². The summed E-state index contributed by atoms with van der Waals surface area (Å²) in [7, 11) is 0. The summed E-state index contributed by atoms with van der Waals surface area (Å²) in [5.41, 5.74) is 0.889. The molecule has 5 heteroatoms. The molecule has 1 aliphatic heterocycles. The third kappa shape index (κ3) is 3.02. The second-order valence-corrected chi connectivity index (χ2v) is 4.09. The molecule has 0 saturated carbocycles. The second kappa shape index (κ2) is 4.30. The maximum atomic E-state index is 5.52. The molecule has 5 nitrogen and oxygen atoms in total. The third-order valence-electron chi connectivity index (χ3n) is 2.33. The first kappa shape index (κ1) is 10.6. The number of nitrogens with one attached hydrogen (secondary N) is 1. The van der Waals surface area contributed by atoms with Gasteiger partial charge in [0.05, 0.1) is 24.9 Å². The summed E-state index contributed by atoms with van der Waals surface area (Å²) in [6, 6.07) is 2.05. The fraction of sp³-hybridized carbons (Fsp3) is 0.700. The minimum absolute atomic E-state index is 0.217. The number of rotatable bonds is 3. The van der Waals surface area contributed by atoms with E-state index in [2.05, 4.69) is 10.5 Å². The zero-order valence-corrected chi connectivity index (χ0v) is 9.03. The summed E-state index contributed by atoms with van der Waals surface area (Å²) >= 11 is 0. The standard InChI is InChI=1S/C10H16N2O3/c1-10(2)13-6-9(7-14-10)11-5-8-3-4-15-12-8/h3-4,9,11H,5-7H2,1-2H3. The zero-order valence-electron chi connectivity index (χ0n) is 9.03. The number of hydrogen-bond donors (Lipinski definition) is 1. The van der Waals surface area contributed by atoms with E-state index in [9.17, 15) is 0 Å². The number of nitrogens with zero attached hydrogens (tertiary/aromatic N) is 1. The van der Waals surface area contributed by atoms with Crippen LogP contribution in [0.5, 0.6) is 0 Å². The topological polar surface area (TPSA) is 56.5 Å². The predicted octanol–water partition coefficient (Wildman–Crippen LogP) is 0.916. The lowest BCUT2D eigenvalue weighted by Crippen LogP contribution is -2.48. The van der Waals surface area contributed by atoms with E-state index >= 15 is 0 Å². The van der Waals surface area contributed by atoms with Crippen molar-refractivity contribution in [1.29, 1.82) is 0 Å². The van der Waals surface area contributed by atoms with Gasteiger partial charge in [-0.1, -0.05) is 5.16 Å². The predicted molar refractivity (Wildman–Crippen MR) is 53.1 cm³/mol. The summed E-state index contributed by atoms with van der Waals surface area (Å²) in [6.07, 6.45) is 1.56. The summed E-state index contributed by atoms with van der Waals surface area (Å²) < 4.78 is 15.8. The Balaban J connectivity index is 1.73. The molecule has 1 saturated heterocycles. The van der Waals surface area contributed by atoms with Crippen LogP contribution >= 0.6 is 0 Å². The third-order valence-corrected chi connectivity index (χ3v) is 2.33. The fourth-order valence-electron chi connectivity index (χ4n) is 1.39. The molecule has 1 aliphatic rings. The van der Waals surface area contributed by atoms with Crippen LogP contribution in [0.25, 0.3) is 0 Å². The second-order valence-electron chi connectivity index (χ2n) is 4.09. The van der Waals surface area contributed by atoms with Gasteiger partial charge in [-0.2, -0.15) is 0 Å². The van der Waals surface area contributed by atoms with Crippen LogP contribution in [0, 0.1) is 0 Å². The Morgan fingerprint density at radius 1 is 1.47 bits per heavy atom. The smallest absolute Gasteiger partial charge is 0.162 e. The lowest BCUT2D eigenvalue weighted by Gasteiger charge is -2.35. The van der Waals surface area contributed by atoms with Crippen LogP contribution in [0.1, 0.15) is 19.5 Å². The normalized spacial score (nSPS) is 21.7. The van der Waals surface area contributed by atoms with E-state index in [1.807, 2.05) is 19.9 Å². The average Bonchev–Trinajstić information content (AvgIpc) is 2.69. The highest BCUT2D eigenvalue weighted by molar-refractivity contribution is 4.95. The summed E-state index contributed by atoms with van der Waals surface area (Å²) in [5.74, 6) is -0.452. The molecular weight excluding hydrogens is 196 g/mol. The minimum Gasteiger partial charge on any atom is -0.364 e. The Bertz CT molecular complexity index is 288. The Kier molecular flexibility index (Phi) is 3.04. The van der Waals surface area contributed by atoms with Crippen LogP contribution in [0.3, 0.4) is 0 Å². The Hall–Kier alpha value is -0.910. The molecule has 0 atom stereocenters. The molecule has 0 bridgehead atoms. The lowest BCUT2D eigenvalue weighted by molar-refractivity contribution is -0.253. The van der Waals surface area contributed by atoms with Crippen molar-refractivity contribution in [3.05, 3.63) is 18.0 Å². The quantitative estimate of drug-likeness (QED) is 0.807. The highest BCUT2D eigenvalue weighted by atomic mass is 16.7. The van der Waals surface area contributed by atoms with Gasteiger partial charge in [0.2, 0.25) is 0 Å². The van der Waals surface area contributed by atoms with Crippen LogP contribution < -0.4 is 5.32 Å². The fourth-order valence-corrected chi connectivity index (χ4v) is 1.39. The molecule has 0 unspecified atom stereocenters. The van der Waals surface area contributed by atoms with E-state index in [-0.39, 0.29) is 6.04 Å². The van der Waals surface area contributed by atoms with Crippen molar-refractivity contribution in [3.63, 3.8) is 0 Å². The maximum Gasteiger partial charge on any atom is 0.162 e. The van der Waals surface area contributed by atoms with Crippen LogP contribution in [-0.2, 0) is 16.0 Å². The molecule has 15 heavy (non-hydrogen) atoms. The molecular formula is C10H16N2O3. The van der Waals surface area contributed by atoms with E-state index in [4.69, 9.17) is 14.0 Å². The zero-order chi connectivity index (χ0) is 10.7. The van der Waals surface area contributed by atoms with Crippen molar-refractivity contribution >= 4 is 0 Å². The van der Waals surface area contributed by atoms with Gasteiger partial charge >= 0.3 is 0 Å². The Morgan fingerprint density at radius 2 is 2.20 bits per heavy atom. The first-order valence-electron chi connectivity index (χ1n) is 5.06. The summed E-state index contributed by atoms with van der Waals surface area (Å²) in [6.45, 7) is 5.83. The number of hydrogen-bond acceptors (Lipinski definition) is 5.